The smallest absolute Gasteiger partial charge is 0.0844 e. The van der Waals surface area contributed by atoms with Gasteiger partial charge in [0.1, 0.15) is 0 Å². The molecule has 0 aliphatic carbocycles. The van der Waals surface area contributed by atoms with E-state index >= 15 is 0 Å². The standard InChI is InChI=1S/C14H16ClN3S/c1-9-13(15)10(2)18(17-9)8-12(14(16)19)11-6-4-3-5-7-11/h3-7,12H,8H2,1-2H3,(H2,16,19). The summed E-state index contributed by atoms with van der Waals surface area (Å²) in [5, 5.41) is 5.13. The van der Waals surface area contributed by atoms with Gasteiger partial charge in [-0.05, 0) is 19.4 Å². The van der Waals surface area contributed by atoms with Crippen molar-refractivity contribution >= 4 is 28.8 Å². The molecule has 1 atom stereocenters. The number of aryl methyl sites for hydroxylation is 1. The maximum Gasteiger partial charge on any atom is 0.0844 e. The minimum absolute atomic E-state index is 0.0368. The van der Waals surface area contributed by atoms with Gasteiger partial charge in [-0.15, -0.1) is 0 Å². The molecule has 0 bridgehead atoms. The van der Waals surface area contributed by atoms with Crippen molar-refractivity contribution in [2.24, 2.45) is 5.73 Å². The largest absolute Gasteiger partial charge is 0.393 e. The van der Waals surface area contributed by atoms with Crippen molar-refractivity contribution in [1.29, 1.82) is 0 Å². The molecule has 0 radical (unpaired) electrons. The number of nitrogens with two attached hydrogens (primary N) is 1. The van der Waals surface area contributed by atoms with E-state index in [9.17, 15) is 0 Å². The molecule has 0 fully saturated rings. The zero-order valence-corrected chi connectivity index (χ0v) is 12.5. The normalized spacial score (nSPS) is 12.4. The van der Waals surface area contributed by atoms with E-state index in [1.54, 1.807) is 0 Å². The highest BCUT2D eigenvalue weighted by atomic mass is 35.5. The molecule has 100 valence electrons. The molecule has 0 saturated heterocycles. The number of hydrogen-bond donors (Lipinski definition) is 1. The van der Waals surface area contributed by atoms with Gasteiger partial charge in [0.05, 0.1) is 33.9 Å². The summed E-state index contributed by atoms with van der Waals surface area (Å²) in [6, 6.07) is 9.98. The Morgan fingerprint density at radius 2 is 2.00 bits per heavy atom. The highest BCUT2D eigenvalue weighted by Gasteiger charge is 2.18. The molecule has 2 rings (SSSR count). The van der Waals surface area contributed by atoms with E-state index in [-0.39, 0.29) is 5.92 Å². The first kappa shape index (κ1) is 14.0. The van der Waals surface area contributed by atoms with Crippen molar-refractivity contribution in [1.82, 2.24) is 9.78 Å². The number of rotatable bonds is 4. The minimum atomic E-state index is -0.0368. The Morgan fingerprint density at radius 1 is 1.37 bits per heavy atom. The van der Waals surface area contributed by atoms with Gasteiger partial charge < -0.3 is 5.73 Å². The molecule has 2 N–H and O–H groups in total. The number of aromatic nitrogens is 2. The average Bonchev–Trinajstić information content (AvgIpc) is 2.64. The Bertz CT molecular complexity index is 592. The molecule has 19 heavy (non-hydrogen) atoms. The van der Waals surface area contributed by atoms with Gasteiger partial charge in [0.25, 0.3) is 0 Å². The van der Waals surface area contributed by atoms with Gasteiger partial charge in [-0.1, -0.05) is 54.2 Å². The van der Waals surface area contributed by atoms with E-state index in [0.717, 1.165) is 17.0 Å². The fourth-order valence-corrected chi connectivity index (χ4v) is 2.42. The number of benzene rings is 1. The lowest BCUT2D eigenvalue weighted by Crippen LogP contribution is -2.24. The summed E-state index contributed by atoms with van der Waals surface area (Å²) in [6.07, 6.45) is 0. The molecular formula is C14H16ClN3S. The van der Waals surface area contributed by atoms with E-state index in [0.29, 0.717) is 16.6 Å². The summed E-state index contributed by atoms with van der Waals surface area (Å²) in [5.74, 6) is -0.0368. The summed E-state index contributed by atoms with van der Waals surface area (Å²) < 4.78 is 1.87. The van der Waals surface area contributed by atoms with Crippen LogP contribution in [0.3, 0.4) is 0 Å². The lowest BCUT2D eigenvalue weighted by Gasteiger charge is -2.17. The zero-order valence-electron chi connectivity index (χ0n) is 10.9. The van der Waals surface area contributed by atoms with E-state index in [2.05, 4.69) is 5.10 Å². The van der Waals surface area contributed by atoms with Crippen LogP contribution in [0, 0.1) is 13.8 Å². The van der Waals surface area contributed by atoms with E-state index in [1.165, 1.54) is 0 Å². The number of thiocarbonyl (C=S) groups is 1. The molecular weight excluding hydrogens is 278 g/mol. The van der Waals surface area contributed by atoms with Crippen LogP contribution in [0.25, 0.3) is 0 Å². The van der Waals surface area contributed by atoms with Crippen LogP contribution >= 0.6 is 23.8 Å². The molecule has 5 heteroatoms. The molecule has 0 spiro atoms. The van der Waals surface area contributed by atoms with E-state index < -0.39 is 0 Å². The third kappa shape index (κ3) is 2.96. The Hall–Kier alpha value is -1.39. The van der Waals surface area contributed by atoms with Crippen molar-refractivity contribution < 1.29 is 0 Å². The Balaban J connectivity index is 2.32. The predicted octanol–water partition coefficient (Wildman–Crippen LogP) is 3.22. The summed E-state index contributed by atoms with van der Waals surface area (Å²) in [6.45, 7) is 4.45. The summed E-state index contributed by atoms with van der Waals surface area (Å²) in [5.41, 5.74) is 8.73. The van der Waals surface area contributed by atoms with Crippen molar-refractivity contribution in [3.05, 3.63) is 52.3 Å². The van der Waals surface area contributed by atoms with Crippen LogP contribution in [0.5, 0.6) is 0 Å². The Kier molecular flexibility index (Phi) is 4.22. The number of halogens is 1. The molecule has 1 heterocycles. The number of hydrogen-bond acceptors (Lipinski definition) is 2. The molecule has 1 unspecified atom stereocenters. The molecule has 0 aliphatic heterocycles. The average molecular weight is 294 g/mol. The maximum atomic E-state index is 6.16. The van der Waals surface area contributed by atoms with Crippen LogP contribution in [0.4, 0.5) is 0 Å². The topological polar surface area (TPSA) is 43.8 Å². The summed E-state index contributed by atoms with van der Waals surface area (Å²) in [4.78, 5) is 0.467. The second kappa shape index (κ2) is 5.72. The van der Waals surface area contributed by atoms with Crippen LogP contribution in [-0.2, 0) is 6.54 Å². The molecule has 2 aromatic rings. The maximum absolute atomic E-state index is 6.16. The molecule has 0 aliphatic rings. The Morgan fingerprint density at radius 3 is 2.47 bits per heavy atom. The first-order valence-electron chi connectivity index (χ1n) is 6.04. The predicted molar refractivity (Wildman–Crippen MR) is 82.7 cm³/mol. The van der Waals surface area contributed by atoms with Gasteiger partial charge in [-0.3, -0.25) is 4.68 Å². The highest BCUT2D eigenvalue weighted by Crippen LogP contribution is 2.23. The van der Waals surface area contributed by atoms with Crippen LogP contribution in [0.1, 0.15) is 22.9 Å². The quantitative estimate of drug-likeness (QED) is 0.880. The van der Waals surface area contributed by atoms with Crippen LogP contribution < -0.4 is 5.73 Å². The van der Waals surface area contributed by atoms with Gasteiger partial charge in [0, 0.05) is 0 Å². The van der Waals surface area contributed by atoms with Gasteiger partial charge in [0.2, 0.25) is 0 Å². The minimum Gasteiger partial charge on any atom is -0.393 e. The van der Waals surface area contributed by atoms with Crippen molar-refractivity contribution in [3.63, 3.8) is 0 Å². The van der Waals surface area contributed by atoms with Crippen molar-refractivity contribution in [2.45, 2.75) is 26.3 Å². The van der Waals surface area contributed by atoms with Gasteiger partial charge in [-0.2, -0.15) is 5.10 Å². The van der Waals surface area contributed by atoms with Crippen molar-refractivity contribution in [3.8, 4) is 0 Å². The highest BCUT2D eigenvalue weighted by molar-refractivity contribution is 7.80. The van der Waals surface area contributed by atoms with Crippen LogP contribution in [-0.4, -0.2) is 14.8 Å². The molecule has 0 saturated carbocycles. The van der Waals surface area contributed by atoms with E-state index in [1.807, 2.05) is 48.9 Å². The second-order valence-corrected chi connectivity index (χ2v) is 5.38. The molecule has 1 aromatic heterocycles. The zero-order chi connectivity index (χ0) is 14.0. The molecule has 0 amide bonds. The Labute approximate surface area is 123 Å². The fourth-order valence-electron chi connectivity index (χ4n) is 2.07. The van der Waals surface area contributed by atoms with Gasteiger partial charge in [0.15, 0.2) is 0 Å². The van der Waals surface area contributed by atoms with Gasteiger partial charge >= 0.3 is 0 Å². The van der Waals surface area contributed by atoms with Gasteiger partial charge in [-0.25, -0.2) is 0 Å². The first-order chi connectivity index (χ1) is 9.00. The third-order valence-corrected chi connectivity index (χ3v) is 4.03. The third-order valence-electron chi connectivity index (χ3n) is 3.19. The number of nitrogens with zero attached hydrogens (tertiary/aromatic N) is 2. The van der Waals surface area contributed by atoms with Crippen molar-refractivity contribution in [2.75, 3.05) is 0 Å². The van der Waals surface area contributed by atoms with Crippen LogP contribution in [0.2, 0.25) is 5.02 Å². The molecule has 3 nitrogen and oxygen atoms in total. The fraction of sp³-hybridized carbons (Fsp3) is 0.286. The second-order valence-electron chi connectivity index (χ2n) is 4.53. The lowest BCUT2D eigenvalue weighted by atomic mass is 9.99. The monoisotopic (exact) mass is 293 g/mol. The van der Waals surface area contributed by atoms with E-state index in [4.69, 9.17) is 29.6 Å². The first-order valence-corrected chi connectivity index (χ1v) is 6.83. The SMILES string of the molecule is Cc1nn(CC(C(N)=S)c2ccccc2)c(C)c1Cl. The van der Waals surface area contributed by atoms with Crippen LogP contribution in [0.15, 0.2) is 30.3 Å². The summed E-state index contributed by atoms with van der Waals surface area (Å²) >= 11 is 11.3. The summed E-state index contributed by atoms with van der Waals surface area (Å²) in [7, 11) is 0. The lowest BCUT2D eigenvalue weighted by molar-refractivity contribution is 0.571. The molecule has 1 aromatic carbocycles.